The number of imidazole rings is 1. The number of sulfonamides is 1. The first-order valence-corrected chi connectivity index (χ1v) is 10.9. The fraction of sp³-hybridized carbons (Fsp3) is 0.474. The highest BCUT2D eigenvalue weighted by atomic mass is 32.2. The molecule has 0 N–H and O–H groups in total. The van der Waals surface area contributed by atoms with Gasteiger partial charge in [0.2, 0.25) is 10.0 Å². The minimum absolute atomic E-state index is 0.191. The third-order valence-corrected chi connectivity index (χ3v) is 7.71. The monoisotopic (exact) mass is 388 g/mol. The molecule has 0 aliphatic carbocycles. The predicted octanol–water partition coefficient (Wildman–Crippen LogP) is 1.90. The van der Waals surface area contributed by atoms with Gasteiger partial charge >= 0.3 is 0 Å². The molecular formula is C19H24N4O3S. The average Bonchev–Trinajstić information content (AvgIpc) is 3.34. The minimum Gasteiger partial charge on any atom is -0.335 e. The van der Waals surface area contributed by atoms with Gasteiger partial charge in [-0.2, -0.15) is 0 Å². The van der Waals surface area contributed by atoms with Gasteiger partial charge in [-0.1, -0.05) is 18.2 Å². The van der Waals surface area contributed by atoms with Crippen LogP contribution in [0.1, 0.15) is 35.9 Å². The summed E-state index contributed by atoms with van der Waals surface area (Å²) in [7, 11) is -3.51. The minimum atomic E-state index is -3.51. The van der Waals surface area contributed by atoms with E-state index in [0.29, 0.717) is 38.3 Å². The van der Waals surface area contributed by atoms with Gasteiger partial charge in [0, 0.05) is 38.6 Å². The molecule has 1 amide bonds. The molecule has 8 heteroatoms. The van der Waals surface area contributed by atoms with Gasteiger partial charge < -0.3 is 9.47 Å². The summed E-state index contributed by atoms with van der Waals surface area (Å²) in [6.07, 6.45) is 5.37. The summed E-state index contributed by atoms with van der Waals surface area (Å²) in [5.74, 6) is 0.186. The summed E-state index contributed by atoms with van der Waals surface area (Å²) in [5, 5.41) is -0.577. The standard InChI is InChI=1S/C19H24N4O3S/c1-2-21-13-10-20-18(21)19(24)22-11-5-7-16(14-22)27(25,26)23-12-9-15-6-3-4-8-17(15)23/h3-4,6,8,10,13,16H,2,5,7,9,11-12,14H2,1H3/t16-/m0/s1. The number of anilines is 1. The number of rotatable bonds is 4. The molecule has 1 aromatic heterocycles. The first-order valence-electron chi connectivity index (χ1n) is 9.42. The van der Waals surface area contributed by atoms with Crippen molar-refractivity contribution >= 4 is 21.6 Å². The van der Waals surface area contributed by atoms with E-state index in [2.05, 4.69) is 4.98 Å². The third kappa shape index (κ3) is 3.12. The molecule has 2 aliphatic rings. The van der Waals surface area contributed by atoms with Gasteiger partial charge in [0.15, 0.2) is 5.82 Å². The lowest BCUT2D eigenvalue weighted by Crippen LogP contribution is -2.49. The Kier molecular flexibility index (Phi) is 4.67. The second kappa shape index (κ2) is 6.99. The summed E-state index contributed by atoms with van der Waals surface area (Å²) >= 11 is 0. The highest BCUT2D eigenvalue weighted by molar-refractivity contribution is 7.93. The van der Waals surface area contributed by atoms with Gasteiger partial charge in [-0.25, -0.2) is 13.4 Å². The summed E-state index contributed by atoms with van der Waals surface area (Å²) < 4.78 is 29.9. The molecule has 2 aliphatic heterocycles. The van der Waals surface area contributed by atoms with E-state index in [0.717, 1.165) is 17.7 Å². The molecule has 1 saturated heterocycles. The van der Waals surface area contributed by atoms with Crippen molar-refractivity contribution in [1.82, 2.24) is 14.5 Å². The van der Waals surface area contributed by atoms with Crippen LogP contribution in [0.5, 0.6) is 0 Å². The zero-order valence-electron chi connectivity index (χ0n) is 15.4. The van der Waals surface area contributed by atoms with Gasteiger partial charge in [0.05, 0.1) is 10.9 Å². The van der Waals surface area contributed by atoms with Crippen molar-refractivity contribution in [3.63, 3.8) is 0 Å². The van der Waals surface area contributed by atoms with Crippen molar-refractivity contribution < 1.29 is 13.2 Å². The lowest BCUT2D eigenvalue weighted by Gasteiger charge is -2.34. The number of benzene rings is 1. The molecule has 2 aromatic rings. The van der Waals surface area contributed by atoms with Crippen LogP contribution in [-0.2, 0) is 23.0 Å². The molecule has 1 fully saturated rings. The number of hydrogen-bond acceptors (Lipinski definition) is 4. The van der Waals surface area contributed by atoms with Crippen LogP contribution in [0.25, 0.3) is 0 Å². The number of likely N-dealkylation sites (tertiary alicyclic amines) is 1. The summed E-state index contributed by atoms with van der Waals surface area (Å²) in [5.41, 5.74) is 1.84. The maximum atomic E-state index is 13.3. The summed E-state index contributed by atoms with van der Waals surface area (Å²) in [6, 6.07) is 7.65. The first kappa shape index (κ1) is 18.0. The third-order valence-electron chi connectivity index (χ3n) is 5.49. The summed E-state index contributed by atoms with van der Waals surface area (Å²) in [4.78, 5) is 18.7. The van der Waals surface area contributed by atoms with Crippen molar-refractivity contribution in [1.29, 1.82) is 0 Å². The topological polar surface area (TPSA) is 75.5 Å². The van der Waals surface area contributed by atoms with Crippen LogP contribution >= 0.6 is 0 Å². The molecule has 3 heterocycles. The summed E-state index contributed by atoms with van der Waals surface area (Å²) in [6.45, 7) is 3.87. The highest BCUT2D eigenvalue weighted by Gasteiger charge is 2.39. The van der Waals surface area contributed by atoms with Crippen molar-refractivity contribution in [3.05, 3.63) is 48.0 Å². The van der Waals surface area contributed by atoms with Crippen LogP contribution in [0.15, 0.2) is 36.7 Å². The number of piperidine rings is 1. The molecule has 144 valence electrons. The largest absolute Gasteiger partial charge is 0.335 e. The van der Waals surface area contributed by atoms with Crippen LogP contribution < -0.4 is 4.31 Å². The maximum Gasteiger partial charge on any atom is 0.289 e. The molecular weight excluding hydrogens is 364 g/mol. The number of para-hydroxylation sites is 1. The number of amides is 1. The second-order valence-electron chi connectivity index (χ2n) is 7.05. The number of hydrogen-bond donors (Lipinski definition) is 0. The van der Waals surface area contributed by atoms with E-state index in [1.807, 2.05) is 31.2 Å². The molecule has 0 radical (unpaired) electrons. The van der Waals surface area contributed by atoms with Crippen molar-refractivity contribution in [3.8, 4) is 0 Å². The molecule has 0 bridgehead atoms. The zero-order valence-corrected chi connectivity index (χ0v) is 16.2. The van der Waals surface area contributed by atoms with Crippen LogP contribution in [-0.4, -0.2) is 53.7 Å². The van der Waals surface area contributed by atoms with Gasteiger partial charge in [-0.05, 0) is 37.8 Å². The Balaban J connectivity index is 1.55. The maximum absolute atomic E-state index is 13.3. The lowest BCUT2D eigenvalue weighted by atomic mass is 10.1. The molecule has 0 unspecified atom stereocenters. The molecule has 7 nitrogen and oxygen atoms in total. The number of carbonyl (C=O) groups is 1. The molecule has 27 heavy (non-hydrogen) atoms. The van der Waals surface area contributed by atoms with E-state index in [4.69, 9.17) is 0 Å². The zero-order chi connectivity index (χ0) is 19.0. The number of carbonyl (C=O) groups excluding carboxylic acids is 1. The second-order valence-corrected chi connectivity index (χ2v) is 9.19. The van der Waals surface area contributed by atoms with E-state index >= 15 is 0 Å². The molecule has 0 spiro atoms. The Bertz CT molecular complexity index is 953. The fourth-order valence-corrected chi connectivity index (χ4v) is 6.01. The van der Waals surface area contributed by atoms with Gasteiger partial charge in [-0.15, -0.1) is 0 Å². The van der Waals surface area contributed by atoms with Crippen LogP contribution in [0, 0.1) is 0 Å². The Morgan fingerprint density at radius 1 is 1.26 bits per heavy atom. The molecule has 0 saturated carbocycles. The number of aryl methyl sites for hydroxylation is 1. The lowest BCUT2D eigenvalue weighted by molar-refractivity contribution is 0.0709. The average molecular weight is 388 g/mol. The quantitative estimate of drug-likeness (QED) is 0.802. The van der Waals surface area contributed by atoms with E-state index in [-0.39, 0.29) is 12.5 Å². The number of nitrogens with zero attached hydrogens (tertiary/aromatic N) is 4. The Labute approximate surface area is 159 Å². The van der Waals surface area contributed by atoms with Gasteiger partial charge in [-0.3, -0.25) is 9.10 Å². The SMILES string of the molecule is CCn1ccnc1C(=O)N1CCC[C@H](S(=O)(=O)N2CCc3ccccc32)C1. The predicted molar refractivity (Wildman–Crippen MR) is 103 cm³/mol. The van der Waals surface area contributed by atoms with E-state index < -0.39 is 15.3 Å². The molecule has 4 rings (SSSR count). The van der Waals surface area contributed by atoms with Gasteiger partial charge in [0.1, 0.15) is 0 Å². The molecule has 1 aromatic carbocycles. The normalized spacial score (nSPS) is 20.0. The van der Waals surface area contributed by atoms with E-state index in [9.17, 15) is 13.2 Å². The number of fused-ring (bicyclic) bond motifs is 1. The first-order chi connectivity index (χ1) is 13.0. The van der Waals surface area contributed by atoms with Crippen LogP contribution in [0.4, 0.5) is 5.69 Å². The smallest absolute Gasteiger partial charge is 0.289 e. The number of aromatic nitrogens is 2. The van der Waals surface area contributed by atoms with E-state index in [1.54, 1.807) is 21.9 Å². The van der Waals surface area contributed by atoms with Crippen molar-refractivity contribution in [2.24, 2.45) is 0 Å². The molecule has 1 atom stereocenters. The Morgan fingerprint density at radius 3 is 2.89 bits per heavy atom. The Morgan fingerprint density at radius 2 is 2.07 bits per heavy atom. The Hall–Kier alpha value is -2.35. The van der Waals surface area contributed by atoms with Crippen LogP contribution in [0.3, 0.4) is 0 Å². The van der Waals surface area contributed by atoms with Gasteiger partial charge in [0.25, 0.3) is 5.91 Å². The fourth-order valence-electron chi connectivity index (χ4n) is 4.02. The van der Waals surface area contributed by atoms with E-state index in [1.165, 1.54) is 4.31 Å². The van der Waals surface area contributed by atoms with Crippen LogP contribution in [0.2, 0.25) is 0 Å². The van der Waals surface area contributed by atoms with Crippen molar-refractivity contribution in [2.75, 3.05) is 23.9 Å². The highest BCUT2D eigenvalue weighted by Crippen LogP contribution is 2.33. The van der Waals surface area contributed by atoms with Crippen molar-refractivity contribution in [2.45, 2.75) is 38.0 Å².